The third-order valence-corrected chi connectivity index (χ3v) is 4.97. The maximum absolute atomic E-state index is 3.60. The number of aryl methyl sites for hydroxylation is 2. The van der Waals surface area contributed by atoms with Gasteiger partial charge in [0.2, 0.25) is 0 Å². The predicted octanol–water partition coefficient (Wildman–Crippen LogP) is 6.00. The summed E-state index contributed by atoms with van der Waals surface area (Å²) in [5.74, 6) is 0. The number of benzene rings is 2. The van der Waals surface area contributed by atoms with Gasteiger partial charge in [-0.1, -0.05) is 44.0 Å². The summed E-state index contributed by atoms with van der Waals surface area (Å²) in [5, 5.41) is 3.55. The van der Waals surface area contributed by atoms with Crippen molar-refractivity contribution in [1.29, 1.82) is 0 Å². The number of hydrogen-bond donors (Lipinski definition) is 1. The van der Waals surface area contributed by atoms with E-state index in [1.165, 1.54) is 21.2 Å². The molecule has 0 bridgehead atoms. The normalized spacial score (nSPS) is 12.3. The molecule has 0 saturated carbocycles. The highest BCUT2D eigenvalue weighted by Gasteiger charge is 2.07. The third-order valence-electron chi connectivity index (χ3n) is 3.19. The zero-order valence-electron chi connectivity index (χ0n) is 11.3. The number of halogens is 2. The van der Waals surface area contributed by atoms with E-state index in [1.807, 2.05) is 0 Å². The van der Waals surface area contributed by atoms with E-state index in [2.05, 4.69) is 94.3 Å². The van der Waals surface area contributed by atoms with Gasteiger partial charge in [0.05, 0.1) is 0 Å². The molecule has 2 rings (SSSR count). The van der Waals surface area contributed by atoms with E-state index in [1.54, 1.807) is 0 Å². The van der Waals surface area contributed by atoms with Crippen molar-refractivity contribution in [3.05, 3.63) is 62.0 Å². The molecule has 3 heteroatoms. The Morgan fingerprint density at radius 1 is 0.947 bits per heavy atom. The van der Waals surface area contributed by atoms with Gasteiger partial charge in [-0.2, -0.15) is 0 Å². The Bertz CT molecular complexity index is 553. The van der Waals surface area contributed by atoms with Crippen LogP contribution in [-0.2, 0) is 0 Å². The van der Waals surface area contributed by atoms with E-state index in [4.69, 9.17) is 0 Å². The molecule has 1 unspecified atom stereocenters. The molecule has 0 amide bonds. The lowest BCUT2D eigenvalue weighted by Gasteiger charge is -2.17. The smallest absolute Gasteiger partial charge is 0.0485 e. The van der Waals surface area contributed by atoms with Crippen molar-refractivity contribution in [2.45, 2.75) is 26.8 Å². The highest BCUT2D eigenvalue weighted by Crippen LogP contribution is 2.27. The highest BCUT2D eigenvalue weighted by atomic mass is 79.9. The van der Waals surface area contributed by atoms with Crippen molar-refractivity contribution >= 4 is 37.5 Å². The molecule has 0 saturated heterocycles. The molecule has 2 aromatic carbocycles. The average molecular weight is 383 g/mol. The van der Waals surface area contributed by atoms with Crippen LogP contribution in [0.4, 0.5) is 5.69 Å². The summed E-state index contributed by atoms with van der Waals surface area (Å²) in [7, 11) is 0. The Kier molecular flexibility index (Phi) is 4.69. The van der Waals surface area contributed by atoms with Gasteiger partial charge in [-0.25, -0.2) is 0 Å². The molecule has 19 heavy (non-hydrogen) atoms. The van der Waals surface area contributed by atoms with E-state index in [0.29, 0.717) is 0 Å². The molecular formula is C16H17Br2N. The Morgan fingerprint density at radius 2 is 1.47 bits per heavy atom. The maximum atomic E-state index is 3.60. The maximum Gasteiger partial charge on any atom is 0.0485 e. The molecule has 100 valence electrons. The molecule has 0 aliphatic heterocycles. The summed E-state index contributed by atoms with van der Waals surface area (Å²) in [6.07, 6.45) is 0. The van der Waals surface area contributed by atoms with Gasteiger partial charge < -0.3 is 5.32 Å². The van der Waals surface area contributed by atoms with Crippen LogP contribution in [0.5, 0.6) is 0 Å². The van der Waals surface area contributed by atoms with Crippen LogP contribution in [0.15, 0.2) is 45.3 Å². The SMILES string of the molecule is Cc1cc(NC(C)c2ccc(Br)cc2)cc(C)c1Br. The minimum absolute atomic E-state index is 0.285. The van der Waals surface area contributed by atoms with Crippen molar-refractivity contribution in [3.63, 3.8) is 0 Å². The largest absolute Gasteiger partial charge is 0.379 e. The van der Waals surface area contributed by atoms with Crippen molar-refractivity contribution in [2.75, 3.05) is 5.32 Å². The second-order valence-corrected chi connectivity index (χ2v) is 6.55. The lowest BCUT2D eigenvalue weighted by molar-refractivity contribution is 0.883. The van der Waals surface area contributed by atoms with Gasteiger partial charge in [0.15, 0.2) is 0 Å². The minimum Gasteiger partial charge on any atom is -0.379 e. The quantitative estimate of drug-likeness (QED) is 0.686. The first-order valence-corrected chi connectivity index (χ1v) is 7.84. The standard InChI is InChI=1S/C16H17Br2N/c1-10-8-15(9-11(2)16(10)18)19-12(3)13-4-6-14(17)7-5-13/h4-9,12,19H,1-3H3. The molecule has 1 atom stereocenters. The molecule has 1 N–H and O–H groups in total. The fraction of sp³-hybridized carbons (Fsp3) is 0.250. The first kappa shape index (κ1) is 14.6. The fourth-order valence-electron chi connectivity index (χ4n) is 2.11. The zero-order chi connectivity index (χ0) is 14.0. The van der Waals surface area contributed by atoms with Gasteiger partial charge in [-0.05, 0) is 61.7 Å². The molecule has 0 aliphatic carbocycles. The van der Waals surface area contributed by atoms with E-state index in [-0.39, 0.29) is 6.04 Å². The van der Waals surface area contributed by atoms with Gasteiger partial charge in [0.25, 0.3) is 0 Å². The van der Waals surface area contributed by atoms with Crippen LogP contribution in [-0.4, -0.2) is 0 Å². The molecule has 0 radical (unpaired) electrons. The topological polar surface area (TPSA) is 12.0 Å². The number of nitrogens with one attached hydrogen (secondary N) is 1. The van der Waals surface area contributed by atoms with Crippen LogP contribution >= 0.6 is 31.9 Å². The second kappa shape index (κ2) is 6.10. The van der Waals surface area contributed by atoms with Gasteiger partial charge in [0, 0.05) is 20.7 Å². The fourth-order valence-corrected chi connectivity index (χ4v) is 2.61. The minimum atomic E-state index is 0.285. The summed E-state index contributed by atoms with van der Waals surface area (Å²) in [5.41, 5.74) is 4.95. The first-order valence-electron chi connectivity index (χ1n) is 6.26. The summed E-state index contributed by atoms with van der Waals surface area (Å²) in [4.78, 5) is 0. The average Bonchev–Trinajstić information content (AvgIpc) is 2.36. The van der Waals surface area contributed by atoms with Gasteiger partial charge in [0.1, 0.15) is 0 Å². The van der Waals surface area contributed by atoms with Crippen molar-refractivity contribution in [3.8, 4) is 0 Å². The summed E-state index contributed by atoms with van der Waals surface area (Å²) < 4.78 is 2.30. The van der Waals surface area contributed by atoms with Gasteiger partial charge in [-0.15, -0.1) is 0 Å². The Hall–Kier alpha value is -0.800. The lowest BCUT2D eigenvalue weighted by Crippen LogP contribution is -2.07. The highest BCUT2D eigenvalue weighted by molar-refractivity contribution is 9.10. The summed E-state index contributed by atoms with van der Waals surface area (Å²) in [6, 6.07) is 13.1. The molecule has 0 spiro atoms. The van der Waals surface area contributed by atoms with Crippen LogP contribution in [0.2, 0.25) is 0 Å². The molecule has 0 heterocycles. The van der Waals surface area contributed by atoms with E-state index < -0.39 is 0 Å². The molecule has 0 fully saturated rings. The molecule has 2 aromatic rings. The van der Waals surface area contributed by atoms with Crippen LogP contribution in [0.1, 0.15) is 29.7 Å². The van der Waals surface area contributed by atoms with Crippen LogP contribution in [0.25, 0.3) is 0 Å². The predicted molar refractivity (Wildman–Crippen MR) is 89.8 cm³/mol. The molecule has 0 aromatic heterocycles. The Labute approximate surface area is 131 Å². The number of anilines is 1. The molecular weight excluding hydrogens is 366 g/mol. The monoisotopic (exact) mass is 381 g/mol. The Balaban J connectivity index is 2.19. The summed E-state index contributed by atoms with van der Waals surface area (Å²) in [6.45, 7) is 6.41. The molecule has 1 nitrogen and oxygen atoms in total. The van der Waals surface area contributed by atoms with E-state index >= 15 is 0 Å². The van der Waals surface area contributed by atoms with E-state index in [9.17, 15) is 0 Å². The van der Waals surface area contributed by atoms with Crippen LogP contribution in [0, 0.1) is 13.8 Å². The van der Waals surface area contributed by atoms with Gasteiger partial charge >= 0.3 is 0 Å². The summed E-state index contributed by atoms with van der Waals surface area (Å²) >= 11 is 7.06. The number of hydrogen-bond acceptors (Lipinski definition) is 1. The van der Waals surface area contributed by atoms with Crippen molar-refractivity contribution in [1.82, 2.24) is 0 Å². The molecule has 0 aliphatic rings. The Morgan fingerprint density at radius 3 is 2.00 bits per heavy atom. The number of rotatable bonds is 3. The van der Waals surface area contributed by atoms with Gasteiger partial charge in [-0.3, -0.25) is 0 Å². The first-order chi connectivity index (χ1) is 8.97. The lowest BCUT2D eigenvalue weighted by atomic mass is 10.1. The second-order valence-electron chi connectivity index (χ2n) is 4.84. The van der Waals surface area contributed by atoms with Crippen LogP contribution in [0.3, 0.4) is 0 Å². The van der Waals surface area contributed by atoms with Crippen molar-refractivity contribution in [2.24, 2.45) is 0 Å². The van der Waals surface area contributed by atoms with Crippen LogP contribution < -0.4 is 5.32 Å². The van der Waals surface area contributed by atoms with E-state index in [0.717, 1.165) is 10.2 Å². The zero-order valence-corrected chi connectivity index (χ0v) is 14.5. The third kappa shape index (κ3) is 3.61. The van der Waals surface area contributed by atoms with Crippen molar-refractivity contribution < 1.29 is 0 Å².